The van der Waals surface area contributed by atoms with Crippen LogP contribution in [0.4, 0.5) is 0 Å². The van der Waals surface area contributed by atoms with Crippen LogP contribution in [0.15, 0.2) is 41.0 Å². The molecule has 1 amide bonds. The second-order valence-electron chi connectivity index (χ2n) is 6.76. The normalized spacial score (nSPS) is 12.0. The Labute approximate surface area is 181 Å². The number of aromatic amines is 1. The highest BCUT2D eigenvalue weighted by Gasteiger charge is 2.22. The van der Waals surface area contributed by atoms with Gasteiger partial charge in [-0.2, -0.15) is 0 Å². The molecule has 1 heterocycles. The van der Waals surface area contributed by atoms with Crippen LogP contribution >= 0.6 is 27.5 Å². The number of aromatic nitrogens is 1. The van der Waals surface area contributed by atoms with Crippen LogP contribution in [0, 0.1) is 13.8 Å². The number of aliphatic carboxylic acids is 1. The van der Waals surface area contributed by atoms with Crippen molar-refractivity contribution in [3.8, 4) is 5.75 Å². The number of H-pyrrole nitrogens is 1. The summed E-state index contributed by atoms with van der Waals surface area (Å²) in [5.74, 6) is -1.15. The highest BCUT2D eigenvalue weighted by Crippen LogP contribution is 2.35. The number of hydrogen-bond donors (Lipinski definition) is 3. The molecule has 3 rings (SSSR count). The topological polar surface area (TPSA) is 91.4 Å². The molecule has 1 atom stereocenters. The Bertz CT molecular complexity index is 1080. The van der Waals surface area contributed by atoms with Crippen molar-refractivity contribution in [2.75, 3.05) is 6.61 Å². The van der Waals surface area contributed by atoms with E-state index in [0.29, 0.717) is 15.2 Å². The molecule has 0 aliphatic carbocycles. The van der Waals surface area contributed by atoms with Gasteiger partial charge in [0.1, 0.15) is 11.8 Å². The van der Waals surface area contributed by atoms with Gasteiger partial charge >= 0.3 is 5.97 Å². The first-order valence-corrected chi connectivity index (χ1v) is 10.1. The van der Waals surface area contributed by atoms with Gasteiger partial charge in [-0.3, -0.25) is 4.79 Å². The van der Waals surface area contributed by atoms with Crippen molar-refractivity contribution in [1.29, 1.82) is 0 Å². The van der Waals surface area contributed by atoms with Crippen LogP contribution in [-0.2, 0) is 16.0 Å². The smallest absolute Gasteiger partial charge is 0.326 e. The van der Waals surface area contributed by atoms with Crippen LogP contribution < -0.4 is 10.1 Å². The minimum absolute atomic E-state index is 0.161. The number of para-hydroxylation sites is 1. The fraction of sp³-hybridized carbons (Fsp3) is 0.238. The van der Waals surface area contributed by atoms with Crippen molar-refractivity contribution in [2.45, 2.75) is 26.3 Å². The number of ether oxygens (including phenoxy) is 1. The molecule has 152 valence electrons. The van der Waals surface area contributed by atoms with Crippen molar-refractivity contribution in [3.05, 3.63) is 62.7 Å². The number of amides is 1. The molecule has 1 unspecified atom stereocenters. The Hall–Kier alpha value is -2.51. The fourth-order valence-corrected chi connectivity index (χ4v) is 3.80. The molecule has 6 nitrogen and oxygen atoms in total. The van der Waals surface area contributed by atoms with E-state index in [4.69, 9.17) is 16.3 Å². The molecule has 0 aliphatic rings. The number of halogens is 2. The molecule has 0 saturated heterocycles. The van der Waals surface area contributed by atoms with Gasteiger partial charge in [0.15, 0.2) is 6.61 Å². The first-order valence-electron chi connectivity index (χ1n) is 8.93. The van der Waals surface area contributed by atoms with Crippen LogP contribution in [-0.4, -0.2) is 34.6 Å². The fourth-order valence-electron chi connectivity index (χ4n) is 3.11. The maximum absolute atomic E-state index is 12.3. The number of nitrogens with one attached hydrogen (secondary N) is 2. The van der Waals surface area contributed by atoms with Gasteiger partial charge in [0.05, 0.1) is 4.47 Å². The lowest BCUT2D eigenvalue weighted by Crippen LogP contribution is -2.44. The summed E-state index contributed by atoms with van der Waals surface area (Å²) in [4.78, 5) is 27.1. The van der Waals surface area contributed by atoms with E-state index in [2.05, 4.69) is 26.2 Å². The van der Waals surface area contributed by atoms with Gasteiger partial charge < -0.3 is 20.1 Å². The number of benzene rings is 2. The van der Waals surface area contributed by atoms with E-state index in [9.17, 15) is 14.7 Å². The van der Waals surface area contributed by atoms with E-state index >= 15 is 0 Å². The van der Waals surface area contributed by atoms with Gasteiger partial charge in [0.2, 0.25) is 0 Å². The van der Waals surface area contributed by atoms with Crippen molar-refractivity contribution in [1.82, 2.24) is 10.3 Å². The number of carboxylic acids is 1. The van der Waals surface area contributed by atoms with Crippen molar-refractivity contribution >= 4 is 50.3 Å². The Morgan fingerprint density at radius 1 is 1.31 bits per heavy atom. The summed E-state index contributed by atoms with van der Waals surface area (Å²) in [6.07, 6.45) is 1.92. The molecule has 1 aromatic heterocycles. The summed E-state index contributed by atoms with van der Waals surface area (Å²) in [7, 11) is 0. The number of fused-ring (bicyclic) bond motifs is 1. The van der Waals surface area contributed by atoms with Crippen LogP contribution in [0.5, 0.6) is 5.75 Å². The zero-order valence-corrected chi connectivity index (χ0v) is 18.2. The number of rotatable bonds is 7. The van der Waals surface area contributed by atoms with Crippen LogP contribution in [0.25, 0.3) is 10.9 Å². The van der Waals surface area contributed by atoms with E-state index < -0.39 is 17.9 Å². The maximum Gasteiger partial charge on any atom is 0.326 e. The lowest BCUT2D eigenvalue weighted by Gasteiger charge is -2.16. The Morgan fingerprint density at radius 3 is 2.76 bits per heavy atom. The standard InChI is InChI=1S/C21H20BrClN2O4/c1-11-7-17(19(22)12(2)20(11)23)29-10-18(26)25-16(21(27)28)8-13-9-24-15-6-4-3-5-14(13)15/h3-7,9,16,24H,8,10H2,1-2H3,(H,25,26)(H,27,28). The van der Waals surface area contributed by atoms with Gasteiger partial charge in [-0.15, -0.1) is 0 Å². The zero-order chi connectivity index (χ0) is 21.1. The molecule has 2 aromatic carbocycles. The van der Waals surface area contributed by atoms with Crippen molar-refractivity contribution in [2.24, 2.45) is 0 Å². The maximum atomic E-state index is 12.3. The monoisotopic (exact) mass is 478 g/mol. The predicted octanol–water partition coefficient (Wildman–Crippen LogP) is 4.39. The molecule has 8 heteroatoms. The Morgan fingerprint density at radius 2 is 2.03 bits per heavy atom. The third-order valence-corrected chi connectivity index (χ3v) is 6.23. The number of aryl methyl sites for hydroxylation is 1. The summed E-state index contributed by atoms with van der Waals surface area (Å²) in [5.41, 5.74) is 3.37. The van der Waals surface area contributed by atoms with Crippen LogP contribution in [0.2, 0.25) is 5.02 Å². The van der Waals surface area contributed by atoms with Crippen LogP contribution in [0.1, 0.15) is 16.7 Å². The number of hydrogen-bond acceptors (Lipinski definition) is 3. The second kappa shape index (κ2) is 8.88. The van der Waals surface area contributed by atoms with Gasteiger partial charge in [-0.25, -0.2) is 4.79 Å². The average Bonchev–Trinajstić information content (AvgIpc) is 3.10. The van der Waals surface area contributed by atoms with Gasteiger partial charge in [0, 0.05) is 28.5 Å². The van der Waals surface area contributed by atoms with E-state index in [0.717, 1.165) is 27.6 Å². The SMILES string of the molecule is Cc1cc(OCC(=O)NC(Cc2c[nH]c3ccccc23)C(=O)O)c(Br)c(C)c1Cl. The molecule has 29 heavy (non-hydrogen) atoms. The largest absolute Gasteiger partial charge is 0.483 e. The average molecular weight is 480 g/mol. The zero-order valence-electron chi connectivity index (χ0n) is 15.9. The van der Waals surface area contributed by atoms with E-state index in [-0.39, 0.29) is 13.0 Å². The van der Waals surface area contributed by atoms with E-state index in [1.807, 2.05) is 38.1 Å². The molecule has 0 fully saturated rings. The molecule has 0 saturated carbocycles. The minimum atomic E-state index is -1.11. The quantitative estimate of drug-likeness (QED) is 0.469. The summed E-state index contributed by atoms with van der Waals surface area (Å²) >= 11 is 9.61. The third-order valence-electron chi connectivity index (χ3n) is 4.66. The lowest BCUT2D eigenvalue weighted by molar-refractivity contribution is -0.142. The molecule has 3 N–H and O–H groups in total. The summed E-state index contributed by atoms with van der Waals surface area (Å²) in [6.45, 7) is 3.38. The van der Waals surface area contributed by atoms with E-state index in [1.165, 1.54) is 0 Å². The van der Waals surface area contributed by atoms with E-state index in [1.54, 1.807) is 12.3 Å². The molecule has 3 aromatic rings. The molecular formula is C21H20BrClN2O4. The van der Waals surface area contributed by atoms with Crippen molar-refractivity contribution in [3.63, 3.8) is 0 Å². The number of carboxylic acid groups (broad SMARTS) is 1. The summed E-state index contributed by atoms with van der Waals surface area (Å²) < 4.78 is 6.25. The van der Waals surface area contributed by atoms with Gasteiger partial charge in [-0.1, -0.05) is 29.8 Å². The van der Waals surface area contributed by atoms with Gasteiger partial charge in [-0.05, 0) is 58.6 Å². The highest BCUT2D eigenvalue weighted by atomic mass is 79.9. The minimum Gasteiger partial charge on any atom is -0.483 e. The number of carbonyl (C=O) groups is 2. The lowest BCUT2D eigenvalue weighted by atomic mass is 10.1. The second-order valence-corrected chi connectivity index (χ2v) is 7.93. The first-order chi connectivity index (χ1) is 13.8. The molecule has 0 aliphatic heterocycles. The Balaban J connectivity index is 1.67. The number of carbonyl (C=O) groups excluding carboxylic acids is 1. The molecule has 0 bridgehead atoms. The van der Waals surface area contributed by atoms with Crippen molar-refractivity contribution < 1.29 is 19.4 Å². The molecule has 0 spiro atoms. The molecule has 0 radical (unpaired) electrons. The van der Waals surface area contributed by atoms with Gasteiger partial charge in [0.25, 0.3) is 5.91 Å². The predicted molar refractivity (Wildman–Crippen MR) is 116 cm³/mol. The summed E-state index contributed by atoms with van der Waals surface area (Å²) in [5, 5.41) is 13.6. The summed E-state index contributed by atoms with van der Waals surface area (Å²) in [6, 6.07) is 8.27. The Kier molecular flexibility index (Phi) is 6.49. The third kappa shape index (κ3) is 4.74. The van der Waals surface area contributed by atoms with Crippen LogP contribution in [0.3, 0.4) is 0 Å². The highest BCUT2D eigenvalue weighted by molar-refractivity contribution is 9.10. The first kappa shape index (κ1) is 21.2. The molecular weight excluding hydrogens is 460 g/mol.